The van der Waals surface area contributed by atoms with Gasteiger partial charge >= 0.3 is 0 Å². The fourth-order valence-electron chi connectivity index (χ4n) is 2.21. The number of hydrogen-bond donors (Lipinski definition) is 3. The summed E-state index contributed by atoms with van der Waals surface area (Å²) in [6.45, 7) is 1.33. The number of likely N-dealkylation sites (tertiary alicyclic amines) is 1. The first-order valence-corrected chi connectivity index (χ1v) is 5.94. The fraction of sp³-hybridized carbons (Fsp3) is 0.636. The van der Waals surface area contributed by atoms with Crippen LogP contribution in [0.1, 0.15) is 34.9 Å². The second-order valence-corrected chi connectivity index (χ2v) is 4.93. The quantitative estimate of drug-likeness (QED) is 0.684. The molecular formula is C11H16N4O2. The third-order valence-corrected chi connectivity index (χ3v) is 3.52. The third-order valence-electron chi connectivity index (χ3n) is 3.52. The van der Waals surface area contributed by atoms with Crippen molar-refractivity contribution < 1.29 is 9.90 Å². The molecule has 1 aromatic rings. The van der Waals surface area contributed by atoms with E-state index in [2.05, 4.69) is 10.2 Å². The van der Waals surface area contributed by atoms with Gasteiger partial charge in [0.05, 0.1) is 11.4 Å². The van der Waals surface area contributed by atoms with Gasteiger partial charge in [0.2, 0.25) is 0 Å². The molecule has 0 spiro atoms. The molecule has 0 aromatic carbocycles. The molecule has 17 heavy (non-hydrogen) atoms. The number of rotatable bonds is 3. The zero-order valence-electron chi connectivity index (χ0n) is 9.52. The number of nitrogens with one attached hydrogen (secondary N) is 1. The van der Waals surface area contributed by atoms with E-state index in [-0.39, 0.29) is 18.4 Å². The molecule has 0 radical (unpaired) electrons. The number of amides is 1. The molecule has 0 bridgehead atoms. The molecule has 6 nitrogen and oxygen atoms in total. The Morgan fingerprint density at radius 3 is 2.82 bits per heavy atom. The average molecular weight is 236 g/mol. The summed E-state index contributed by atoms with van der Waals surface area (Å²) in [7, 11) is 0. The molecule has 1 aliphatic carbocycles. The molecule has 1 aliphatic heterocycles. The van der Waals surface area contributed by atoms with E-state index in [0.29, 0.717) is 30.4 Å². The van der Waals surface area contributed by atoms with Crippen LogP contribution in [-0.2, 0) is 0 Å². The predicted molar refractivity (Wildman–Crippen MR) is 61.5 cm³/mol. The van der Waals surface area contributed by atoms with Gasteiger partial charge in [-0.05, 0) is 12.8 Å². The largest absolute Gasteiger partial charge is 0.396 e. The molecule has 6 heteroatoms. The lowest BCUT2D eigenvalue weighted by Gasteiger charge is -2.37. The molecule has 2 fully saturated rings. The molecule has 2 heterocycles. The monoisotopic (exact) mass is 236 g/mol. The number of aromatic amines is 1. The Morgan fingerprint density at radius 1 is 1.53 bits per heavy atom. The summed E-state index contributed by atoms with van der Waals surface area (Å²) >= 11 is 0. The molecule has 0 unspecified atom stereocenters. The number of hydrogen-bond acceptors (Lipinski definition) is 4. The van der Waals surface area contributed by atoms with Gasteiger partial charge in [-0.15, -0.1) is 0 Å². The van der Waals surface area contributed by atoms with Crippen LogP contribution in [0, 0.1) is 5.92 Å². The summed E-state index contributed by atoms with van der Waals surface area (Å²) in [5, 5.41) is 15.8. The van der Waals surface area contributed by atoms with Crippen LogP contribution in [0.4, 0.5) is 5.69 Å². The lowest BCUT2D eigenvalue weighted by atomic mass is 10.0. The van der Waals surface area contributed by atoms with Crippen molar-refractivity contribution in [2.75, 3.05) is 25.4 Å². The highest BCUT2D eigenvalue weighted by molar-refractivity contribution is 5.98. The fourth-order valence-corrected chi connectivity index (χ4v) is 2.21. The summed E-state index contributed by atoms with van der Waals surface area (Å²) in [6.07, 6.45) is 2.24. The van der Waals surface area contributed by atoms with E-state index >= 15 is 0 Å². The Balaban J connectivity index is 1.73. The molecule has 1 saturated carbocycles. The molecule has 3 rings (SSSR count). The highest BCUT2D eigenvalue weighted by Crippen LogP contribution is 2.42. The molecular weight excluding hydrogens is 220 g/mol. The van der Waals surface area contributed by atoms with Gasteiger partial charge < -0.3 is 15.7 Å². The lowest BCUT2D eigenvalue weighted by Crippen LogP contribution is -2.51. The van der Waals surface area contributed by atoms with Crippen molar-refractivity contribution in [3.63, 3.8) is 0 Å². The van der Waals surface area contributed by atoms with Crippen molar-refractivity contribution in [2.45, 2.75) is 18.8 Å². The van der Waals surface area contributed by atoms with E-state index in [0.717, 1.165) is 18.5 Å². The van der Waals surface area contributed by atoms with Crippen molar-refractivity contribution in [2.24, 2.45) is 5.92 Å². The predicted octanol–water partition coefficient (Wildman–Crippen LogP) is -0.0664. The standard InChI is InChI=1S/C11H16N4O2/c12-8-9(7-1-2-7)13-14-10(8)11(17)15-3-6(4-15)5-16/h6-7,16H,1-5,12H2,(H,13,14). The minimum absolute atomic E-state index is 0.129. The maximum absolute atomic E-state index is 12.0. The summed E-state index contributed by atoms with van der Waals surface area (Å²) < 4.78 is 0. The van der Waals surface area contributed by atoms with Gasteiger partial charge in [-0.25, -0.2) is 0 Å². The number of aliphatic hydroxyl groups is 1. The molecule has 1 aromatic heterocycles. The SMILES string of the molecule is Nc1c(C(=O)N2CC(CO)C2)n[nH]c1C1CC1. The Kier molecular flexibility index (Phi) is 2.32. The minimum Gasteiger partial charge on any atom is -0.396 e. The highest BCUT2D eigenvalue weighted by Gasteiger charge is 2.35. The van der Waals surface area contributed by atoms with E-state index in [4.69, 9.17) is 10.8 Å². The van der Waals surface area contributed by atoms with Crippen LogP contribution in [0.15, 0.2) is 0 Å². The van der Waals surface area contributed by atoms with E-state index in [1.807, 2.05) is 0 Å². The summed E-state index contributed by atoms with van der Waals surface area (Å²) in [5.74, 6) is 0.544. The Hall–Kier alpha value is -1.56. The zero-order chi connectivity index (χ0) is 12.0. The Bertz CT molecular complexity index is 446. The van der Waals surface area contributed by atoms with Gasteiger partial charge in [-0.2, -0.15) is 5.10 Å². The van der Waals surface area contributed by atoms with Crippen LogP contribution in [-0.4, -0.2) is 45.8 Å². The van der Waals surface area contributed by atoms with Gasteiger partial charge in [0, 0.05) is 31.5 Å². The number of carbonyl (C=O) groups excluding carboxylic acids is 1. The lowest BCUT2D eigenvalue weighted by molar-refractivity contribution is 0.0357. The first kappa shape index (κ1) is 10.6. The number of H-pyrrole nitrogens is 1. The van der Waals surface area contributed by atoms with Crippen molar-refractivity contribution in [1.29, 1.82) is 0 Å². The third kappa shape index (κ3) is 1.68. The van der Waals surface area contributed by atoms with E-state index in [1.54, 1.807) is 4.90 Å². The van der Waals surface area contributed by atoms with Gasteiger partial charge in [-0.1, -0.05) is 0 Å². The van der Waals surface area contributed by atoms with Crippen molar-refractivity contribution in [3.8, 4) is 0 Å². The van der Waals surface area contributed by atoms with Crippen LogP contribution in [0.25, 0.3) is 0 Å². The molecule has 2 aliphatic rings. The number of aliphatic hydroxyl groups excluding tert-OH is 1. The molecule has 4 N–H and O–H groups in total. The van der Waals surface area contributed by atoms with Gasteiger partial charge in [0.25, 0.3) is 5.91 Å². The number of anilines is 1. The summed E-state index contributed by atoms with van der Waals surface area (Å²) in [4.78, 5) is 13.7. The number of nitrogens with zero attached hydrogens (tertiary/aromatic N) is 2. The minimum atomic E-state index is -0.129. The number of aromatic nitrogens is 2. The normalized spacial score (nSPS) is 20.4. The molecule has 92 valence electrons. The first-order valence-electron chi connectivity index (χ1n) is 5.94. The number of nitrogens with two attached hydrogens (primary N) is 1. The Morgan fingerprint density at radius 2 is 2.24 bits per heavy atom. The van der Waals surface area contributed by atoms with Crippen molar-refractivity contribution >= 4 is 11.6 Å². The zero-order valence-corrected chi connectivity index (χ0v) is 9.52. The second kappa shape index (κ2) is 3.73. The van der Waals surface area contributed by atoms with E-state index in [1.165, 1.54) is 0 Å². The molecule has 0 atom stereocenters. The van der Waals surface area contributed by atoms with Gasteiger partial charge in [-0.3, -0.25) is 9.89 Å². The van der Waals surface area contributed by atoms with E-state index < -0.39 is 0 Å². The van der Waals surface area contributed by atoms with Crippen LogP contribution in [0.3, 0.4) is 0 Å². The highest BCUT2D eigenvalue weighted by atomic mass is 16.3. The van der Waals surface area contributed by atoms with Crippen LogP contribution < -0.4 is 5.73 Å². The van der Waals surface area contributed by atoms with Crippen LogP contribution >= 0.6 is 0 Å². The summed E-state index contributed by atoms with van der Waals surface area (Å²) in [5.41, 5.74) is 7.69. The van der Waals surface area contributed by atoms with Gasteiger partial charge in [0.1, 0.15) is 0 Å². The average Bonchev–Trinajstić information content (AvgIpc) is 3.01. The number of nitrogen functional groups attached to an aromatic ring is 1. The first-order chi connectivity index (χ1) is 8.20. The van der Waals surface area contributed by atoms with Crippen LogP contribution in [0.2, 0.25) is 0 Å². The van der Waals surface area contributed by atoms with E-state index in [9.17, 15) is 4.79 Å². The van der Waals surface area contributed by atoms with Crippen molar-refractivity contribution in [1.82, 2.24) is 15.1 Å². The molecule has 1 saturated heterocycles. The van der Waals surface area contributed by atoms with Gasteiger partial charge in [0.15, 0.2) is 5.69 Å². The Labute approximate surface area is 98.8 Å². The summed E-state index contributed by atoms with van der Waals surface area (Å²) in [6, 6.07) is 0. The topological polar surface area (TPSA) is 95.2 Å². The number of carbonyl (C=O) groups is 1. The van der Waals surface area contributed by atoms with Crippen molar-refractivity contribution in [3.05, 3.63) is 11.4 Å². The molecule has 1 amide bonds. The smallest absolute Gasteiger partial charge is 0.276 e. The maximum Gasteiger partial charge on any atom is 0.276 e. The maximum atomic E-state index is 12.0. The van der Waals surface area contributed by atoms with Crippen LogP contribution in [0.5, 0.6) is 0 Å². The second-order valence-electron chi connectivity index (χ2n) is 4.93.